The number of carbonyl (C=O) groups excluding carboxylic acids is 2. The third-order valence-electron chi connectivity index (χ3n) is 5.41. The Morgan fingerprint density at radius 2 is 1.75 bits per heavy atom. The van der Waals surface area contributed by atoms with Gasteiger partial charge in [0.25, 0.3) is 5.91 Å². The van der Waals surface area contributed by atoms with E-state index in [1.807, 2.05) is 44.2 Å². The van der Waals surface area contributed by atoms with E-state index in [0.29, 0.717) is 23.2 Å². The molecule has 3 N–H and O–H groups in total. The molecule has 0 spiro atoms. The van der Waals surface area contributed by atoms with Gasteiger partial charge in [-0.15, -0.1) is 0 Å². The number of fused-ring (bicyclic) bond motifs is 1. The van der Waals surface area contributed by atoms with E-state index in [4.69, 9.17) is 5.73 Å². The molecule has 4 rings (SSSR count). The van der Waals surface area contributed by atoms with Gasteiger partial charge in [-0.3, -0.25) is 14.3 Å². The molecule has 0 bridgehead atoms. The quantitative estimate of drug-likeness (QED) is 0.485. The molecule has 3 aromatic carbocycles. The van der Waals surface area contributed by atoms with E-state index in [-0.39, 0.29) is 11.7 Å². The van der Waals surface area contributed by atoms with E-state index in [0.717, 1.165) is 16.6 Å². The highest BCUT2D eigenvalue weighted by atomic mass is 19.1. The van der Waals surface area contributed by atoms with E-state index >= 15 is 0 Å². The van der Waals surface area contributed by atoms with Gasteiger partial charge in [0, 0.05) is 10.9 Å². The second kappa shape index (κ2) is 8.26. The first kappa shape index (κ1) is 21.2. The third kappa shape index (κ3) is 4.23. The lowest BCUT2D eigenvalue weighted by atomic mass is 9.92. The molecule has 7 heteroatoms. The zero-order valence-electron chi connectivity index (χ0n) is 17.8. The van der Waals surface area contributed by atoms with Crippen LogP contribution in [0.4, 0.5) is 4.39 Å². The molecule has 4 aromatic rings. The molecule has 162 valence electrons. The molecule has 0 fully saturated rings. The maximum Gasteiger partial charge on any atom is 0.273 e. The van der Waals surface area contributed by atoms with E-state index in [1.54, 1.807) is 35.0 Å². The molecule has 0 saturated heterocycles. The average molecular weight is 430 g/mol. The number of nitrogens with two attached hydrogens (primary N) is 1. The van der Waals surface area contributed by atoms with Crippen molar-refractivity contribution in [3.63, 3.8) is 0 Å². The summed E-state index contributed by atoms with van der Waals surface area (Å²) < 4.78 is 15.0. The summed E-state index contributed by atoms with van der Waals surface area (Å²) in [5, 5.41) is 8.30. The van der Waals surface area contributed by atoms with Crippen LogP contribution in [0, 0.1) is 5.82 Å². The third-order valence-corrected chi connectivity index (χ3v) is 5.41. The maximum absolute atomic E-state index is 13.3. The highest BCUT2D eigenvalue weighted by Crippen LogP contribution is 2.24. The van der Waals surface area contributed by atoms with Crippen molar-refractivity contribution in [1.29, 1.82) is 0 Å². The van der Waals surface area contributed by atoms with Crippen LogP contribution in [0.25, 0.3) is 10.9 Å². The SMILES string of the molecule is CC(C)(NC(=O)c1nn(Cc2ccc(F)cc2)c2ccccc12)c1cccc(C(N)=O)c1. The van der Waals surface area contributed by atoms with Gasteiger partial charge in [0.1, 0.15) is 5.82 Å². The van der Waals surface area contributed by atoms with Gasteiger partial charge in [-0.2, -0.15) is 5.10 Å². The van der Waals surface area contributed by atoms with Crippen molar-refractivity contribution in [1.82, 2.24) is 15.1 Å². The van der Waals surface area contributed by atoms with Crippen LogP contribution in [-0.2, 0) is 12.1 Å². The van der Waals surface area contributed by atoms with Crippen molar-refractivity contribution in [2.45, 2.75) is 25.9 Å². The van der Waals surface area contributed by atoms with Crippen LogP contribution in [0.1, 0.15) is 45.8 Å². The Balaban J connectivity index is 1.66. The Morgan fingerprint density at radius 1 is 1.03 bits per heavy atom. The van der Waals surface area contributed by atoms with Crippen LogP contribution >= 0.6 is 0 Å². The summed E-state index contributed by atoms with van der Waals surface area (Å²) in [7, 11) is 0. The Labute approximate surface area is 184 Å². The minimum atomic E-state index is -0.773. The van der Waals surface area contributed by atoms with Gasteiger partial charge < -0.3 is 11.1 Å². The van der Waals surface area contributed by atoms with Crippen molar-refractivity contribution in [2.24, 2.45) is 5.73 Å². The zero-order chi connectivity index (χ0) is 22.9. The number of hydrogen-bond acceptors (Lipinski definition) is 3. The Morgan fingerprint density at radius 3 is 2.47 bits per heavy atom. The van der Waals surface area contributed by atoms with Gasteiger partial charge in [0.2, 0.25) is 5.91 Å². The molecule has 0 aliphatic heterocycles. The van der Waals surface area contributed by atoms with Gasteiger partial charge in [0.15, 0.2) is 5.69 Å². The van der Waals surface area contributed by atoms with Crippen LogP contribution in [0.15, 0.2) is 72.8 Å². The van der Waals surface area contributed by atoms with Crippen LogP contribution in [0.2, 0.25) is 0 Å². The normalized spacial score (nSPS) is 11.5. The summed E-state index contributed by atoms with van der Waals surface area (Å²) in [6.45, 7) is 4.10. The monoisotopic (exact) mass is 430 g/mol. The number of benzene rings is 3. The molecule has 32 heavy (non-hydrogen) atoms. The van der Waals surface area contributed by atoms with E-state index in [1.165, 1.54) is 12.1 Å². The van der Waals surface area contributed by atoms with Gasteiger partial charge in [-0.1, -0.05) is 42.5 Å². The number of hydrogen-bond donors (Lipinski definition) is 2. The maximum atomic E-state index is 13.3. The van der Waals surface area contributed by atoms with Gasteiger partial charge in [-0.25, -0.2) is 4.39 Å². The Kier molecular flexibility index (Phi) is 5.48. The first-order valence-corrected chi connectivity index (χ1v) is 10.2. The van der Waals surface area contributed by atoms with Crippen LogP contribution in [0.5, 0.6) is 0 Å². The number of nitrogens with one attached hydrogen (secondary N) is 1. The highest BCUT2D eigenvalue weighted by Gasteiger charge is 2.27. The summed E-state index contributed by atoms with van der Waals surface area (Å²) in [5.74, 6) is -1.17. The van der Waals surface area contributed by atoms with E-state index in [2.05, 4.69) is 10.4 Å². The van der Waals surface area contributed by atoms with E-state index < -0.39 is 11.4 Å². The van der Waals surface area contributed by atoms with Crippen LogP contribution in [0.3, 0.4) is 0 Å². The van der Waals surface area contributed by atoms with Crippen molar-refractivity contribution in [3.05, 3.63) is 101 Å². The molecule has 0 atom stereocenters. The second-order valence-electron chi connectivity index (χ2n) is 8.17. The van der Waals surface area contributed by atoms with Gasteiger partial charge >= 0.3 is 0 Å². The molecule has 0 radical (unpaired) electrons. The predicted molar refractivity (Wildman–Crippen MR) is 121 cm³/mol. The van der Waals surface area contributed by atoms with Crippen LogP contribution in [-0.4, -0.2) is 21.6 Å². The standard InChI is InChI=1S/C25H23FN4O2/c1-25(2,18-7-5-6-17(14-18)23(27)31)28-24(32)22-20-8-3-4-9-21(20)30(29-22)15-16-10-12-19(26)13-11-16/h3-14H,15H2,1-2H3,(H2,27,31)(H,28,32). The number of nitrogens with zero attached hydrogens (tertiary/aromatic N) is 2. The minimum Gasteiger partial charge on any atom is -0.366 e. The lowest BCUT2D eigenvalue weighted by molar-refractivity contribution is 0.0907. The fourth-order valence-electron chi connectivity index (χ4n) is 3.65. The lowest BCUT2D eigenvalue weighted by Crippen LogP contribution is -2.41. The Hall–Kier alpha value is -4.00. The predicted octanol–water partition coefficient (Wildman–Crippen LogP) is 3.99. The molecule has 1 aromatic heterocycles. The molecule has 0 aliphatic carbocycles. The number of rotatable bonds is 6. The number of primary amides is 1. The summed E-state index contributed by atoms with van der Waals surface area (Å²) in [4.78, 5) is 24.8. The summed E-state index contributed by atoms with van der Waals surface area (Å²) in [6, 6.07) is 20.5. The largest absolute Gasteiger partial charge is 0.366 e. The molecular weight excluding hydrogens is 407 g/mol. The number of para-hydroxylation sites is 1. The van der Waals surface area contributed by atoms with Crippen molar-refractivity contribution in [2.75, 3.05) is 0 Å². The molecule has 2 amide bonds. The second-order valence-corrected chi connectivity index (χ2v) is 8.17. The highest BCUT2D eigenvalue weighted by molar-refractivity contribution is 6.05. The van der Waals surface area contributed by atoms with Crippen molar-refractivity contribution in [3.8, 4) is 0 Å². The lowest BCUT2D eigenvalue weighted by Gasteiger charge is -2.27. The summed E-state index contributed by atoms with van der Waals surface area (Å²) in [6.07, 6.45) is 0. The van der Waals surface area contributed by atoms with Gasteiger partial charge in [-0.05, 0) is 55.3 Å². The van der Waals surface area contributed by atoms with E-state index in [9.17, 15) is 14.0 Å². The number of amides is 2. The first-order valence-electron chi connectivity index (χ1n) is 10.2. The topological polar surface area (TPSA) is 90.0 Å². The zero-order valence-corrected chi connectivity index (χ0v) is 17.8. The molecule has 6 nitrogen and oxygen atoms in total. The van der Waals surface area contributed by atoms with Crippen molar-refractivity contribution < 1.29 is 14.0 Å². The smallest absolute Gasteiger partial charge is 0.273 e. The first-order chi connectivity index (χ1) is 15.2. The number of halogens is 1. The molecule has 0 aliphatic rings. The van der Waals surface area contributed by atoms with Crippen molar-refractivity contribution >= 4 is 22.7 Å². The number of aromatic nitrogens is 2. The van der Waals surface area contributed by atoms with Crippen LogP contribution < -0.4 is 11.1 Å². The fourth-order valence-corrected chi connectivity index (χ4v) is 3.65. The molecular formula is C25H23FN4O2. The summed E-state index contributed by atoms with van der Waals surface area (Å²) >= 11 is 0. The van der Waals surface area contributed by atoms with Gasteiger partial charge in [0.05, 0.1) is 17.6 Å². The number of carbonyl (C=O) groups is 2. The fraction of sp³-hybridized carbons (Fsp3) is 0.160. The Bertz CT molecular complexity index is 1310. The summed E-state index contributed by atoms with van der Waals surface area (Å²) in [5.41, 5.74) is 7.71. The molecule has 0 saturated carbocycles. The molecule has 1 heterocycles. The molecule has 0 unspecified atom stereocenters. The average Bonchev–Trinajstić information content (AvgIpc) is 3.14. The minimum absolute atomic E-state index is 0.293.